The molecule has 1 aliphatic heterocycles. The molecule has 19 heavy (non-hydrogen) atoms. The van der Waals surface area contributed by atoms with Crippen molar-refractivity contribution in [3.05, 3.63) is 29.6 Å². The van der Waals surface area contributed by atoms with E-state index >= 15 is 0 Å². The van der Waals surface area contributed by atoms with Crippen LogP contribution in [0.4, 0.5) is 4.39 Å². The first-order valence-corrected chi connectivity index (χ1v) is 6.20. The molecule has 2 rings (SSSR count). The van der Waals surface area contributed by atoms with Crippen LogP contribution in [0.3, 0.4) is 0 Å². The fraction of sp³-hybridized carbons (Fsp3) is 0.462. The Morgan fingerprint density at radius 1 is 1.63 bits per heavy atom. The van der Waals surface area contributed by atoms with Gasteiger partial charge in [-0.2, -0.15) is 0 Å². The van der Waals surface area contributed by atoms with Gasteiger partial charge >= 0.3 is 0 Å². The van der Waals surface area contributed by atoms with E-state index in [0.717, 1.165) is 25.0 Å². The minimum Gasteiger partial charge on any atom is -0.508 e. The number of ether oxygens (including phenoxy) is 1. The second-order valence-electron chi connectivity index (χ2n) is 4.58. The quantitative estimate of drug-likeness (QED) is 0.738. The zero-order valence-corrected chi connectivity index (χ0v) is 10.4. The number of phenols is 1. The maximum atomic E-state index is 13.2. The number of benzene rings is 1. The summed E-state index contributed by atoms with van der Waals surface area (Å²) in [6.45, 7) is 1.14. The van der Waals surface area contributed by atoms with Crippen LogP contribution in [0.1, 0.15) is 24.4 Å². The van der Waals surface area contributed by atoms with Crippen LogP contribution < -0.4 is 11.1 Å². The van der Waals surface area contributed by atoms with Crippen molar-refractivity contribution >= 4 is 5.91 Å². The number of halogens is 1. The van der Waals surface area contributed by atoms with E-state index in [1.54, 1.807) is 0 Å². The Morgan fingerprint density at radius 3 is 3.05 bits per heavy atom. The van der Waals surface area contributed by atoms with Crippen molar-refractivity contribution in [1.82, 2.24) is 5.32 Å². The molecule has 1 heterocycles. The van der Waals surface area contributed by atoms with Crippen molar-refractivity contribution in [3.63, 3.8) is 0 Å². The molecule has 2 atom stereocenters. The molecule has 0 saturated carbocycles. The van der Waals surface area contributed by atoms with Gasteiger partial charge in [-0.05, 0) is 31.0 Å². The smallest absolute Gasteiger partial charge is 0.239 e. The van der Waals surface area contributed by atoms with E-state index in [1.165, 1.54) is 6.07 Å². The number of aromatic hydroxyl groups is 1. The summed E-state index contributed by atoms with van der Waals surface area (Å²) in [4.78, 5) is 11.5. The molecular weight excluding hydrogens is 251 g/mol. The number of carbonyl (C=O) groups excluding carboxylic acids is 1. The Labute approximate surface area is 110 Å². The third kappa shape index (κ3) is 3.42. The molecule has 0 aliphatic carbocycles. The van der Waals surface area contributed by atoms with E-state index in [0.29, 0.717) is 13.2 Å². The largest absolute Gasteiger partial charge is 0.508 e. The van der Waals surface area contributed by atoms with Gasteiger partial charge < -0.3 is 15.6 Å². The molecular formula is C13H17FN2O3. The Kier molecular flexibility index (Phi) is 4.34. The summed E-state index contributed by atoms with van der Waals surface area (Å²) in [7, 11) is 0. The molecule has 0 bridgehead atoms. The van der Waals surface area contributed by atoms with Crippen LogP contribution in [0, 0.1) is 5.82 Å². The van der Waals surface area contributed by atoms with Gasteiger partial charge in [0, 0.05) is 18.7 Å². The van der Waals surface area contributed by atoms with Gasteiger partial charge in [0.2, 0.25) is 5.91 Å². The van der Waals surface area contributed by atoms with Crippen molar-refractivity contribution in [2.24, 2.45) is 5.73 Å². The van der Waals surface area contributed by atoms with Gasteiger partial charge in [-0.3, -0.25) is 10.1 Å². The van der Waals surface area contributed by atoms with Crippen molar-refractivity contribution in [1.29, 1.82) is 0 Å². The van der Waals surface area contributed by atoms with E-state index in [9.17, 15) is 14.3 Å². The minimum absolute atomic E-state index is 0.0255. The second-order valence-corrected chi connectivity index (χ2v) is 4.58. The lowest BCUT2D eigenvalue weighted by atomic mass is 10.0. The van der Waals surface area contributed by atoms with E-state index < -0.39 is 17.8 Å². The van der Waals surface area contributed by atoms with Crippen LogP contribution in [0.25, 0.3) is 0 Å². The maximum Gasteiger partial charge on any atom is 0.239 e. The van der Waals surface area contributed by atoms with Crippen LogP contribution >= 0.6 is 0 Å². The third-order valence-corrected chi connectivity index (χ3v) is 3.16. The monoisotopic (exact) mass is 268 g/mol. The third-order valence-electron chi connectivity index (χ3n) is 3.16. The Morgan fingerprint density at radius 2 is 2.42 bits per heavy atom. The Bertz CT molecular complexity index is 461. The van der Waals surface area contributed by atoms with Gasteiger partial charge in [0.05, 0.1) is 6.10 Å². The topological polar surface area (TPSA) is 84.6 Å². The number of rotatable bonds is 5. The predicted molar refractivity (Wildman–Crippen MR) is 67.0 cm³/mol. The van der Waals surface area contributed by atoms with Crippen molar-refractivity contribution in [2.75, 3.05) is 13.2 Å². The average Bonchev–Trinajstić information content (AvgIpc) is 2.86. The fourth-order valence-corrected chi connectivity index (χ4v) is 2.18. The molecule has 0 radical (unpaired) electrons. The van der Waals surface area contributed by atoms with Crippen molar-refractivity contribution in [3.8, 4) is 5.75 Å². The standard InChI is InChI=1S/C13H17FN2O3/c14-8-3-4-11(17)10(6-8)12(13(15)18)16-7-9-2-1-5-19-9/h3-4,6,9,12,16-17H,1-2,5,7H2,(H2,15,18). The molecule has 0 spiro atoms. The van der Waals surface area contributed by atoms with E-state index in [1.807, 2.05) is 0 Å². The van der Waals surface area contributed by atoms with Gasteiger partial charge in [0.25, 0.3) is 0 Å². The Balaban J connectivity index is 2.10. The number of primary amides is 1. The highest BCUT2D eigenvalue weighted by Crippen LogP contribution is 2.25. The molecule has 1 aromatic carbocycles. The summed E-state index contributed by atoms with van der Waals surface area (Å²) >= 11 is 0. The van der Waals surface area contributed by atoms with Gasteiger partial charge in [-0.15, -0.1) is 0 Å². The zero-order valence-electron chi connectivity index (χ0n) is 10.4. The van der Waals surface area contributed by atoms with Crippen LogP contribution in [-0.2, 0) is 9.53 Å². The van der Waals surface area contributed by atoms with Crippen molar-refractivity contribution in [2.45, 2.75) is 25.0 Å². The lowest BCUT2D eigenvalue weighted by molar-refractivity contribution is -0.120. The Hall–Kier alpha value is -1.66. The number of hydrogen-bond acceptors (Lipinski definition) is 4. The maximum absolute atomic E-state index is 13.2. The molecule has 2 unspecified atom stereocenters. The van der Waals surface area contributed by atoms with Gasteiger partial charge in [-0.25, -0.2) is 4.39 Å². The molecule has 104 valence electrons. The molecule has 1 saturated heterocycles. The highest BCUT2D eigenvalue weighted by molar-refractivity contribution is 5.82. The number of amides is 1. The molecule has 1 aliphatic rings. The predicted octanol–water partition coefficient (Wildman–Crippen LogP) is 0.826. The minimum atomic E-state index is -0.931. The van der Waals surface area contributed by atoms with Gasteiger partial charge in [0.1, 0.15) is 17.6 Å². The first kappa shape index (κ1) is 13.8. The SMILES string of the molecule is NC(=O)C(NCC1CCCO1)c1cc(F)ccc1O. The van der Waals surface area contributed by atoms with Gasteiger partial charge in [0.15, 0.2) is 0 Å². The number of nitrogens with one attached hydrogen (secondary N) is 1. The lowest BCUT2D eigenvalue weighted by Gasteiger charge is -2.19. The van der Waals surface area contributed by atoms with E-state index in [-0.39, 0.29) is 17.4 Å². The fourth-order valence-electron chi connectivity index (χ4n) is 2.18. The van der Waals surface area contributed by atoms with E-state index in [4.69, 9.17) is 10.5 Å². The first-order valence-electron chi connectivity index (χ1n) is 6.20. The van der Waals surface area contributed by atoms with Crippen molar-refractivity contribution < 1.29 is 19.0 Å². The van der Waals surface area contributed by atoms with Crippen LogP contribution in [0.2, 0.25) is 0 Å². The molecule has 0 aromatic heterocycles. The molecule has 5 nitrogen and oxygen atoms in total. The number of nitrogens with two attached hydrogens (primary N) is 1. The van der Waals surface area contributed by atoms with Crippen LogP contribution in [0.5, 0.6) is 5.75 Å². The first-order chi connectivity index (χ1) is 9.08. The molecule has 1 amide bonds. The highest BCUT2D eigenvalue weighted by Gasteiger charge is 2.24. The second kappa shape index (κ2) is 5.99. The van der Waals surface area contributed by atoms with E-state index in [2.05, 4.69) is 5.32 Å². The summed E-state index contributed by atoms with van der Waals surface area (Å²) < 4.78 is 18.6. The molecule has 1 aromatic rings. The molecule has 1 fully saturated rings. The zero-order chi connectivity index (χ0) is 13.8. The molecule has 4 N–H and O–H groups in total. The summed E-state index contributed by atoms with van der Waals surface area (Å²) in [5.41, 5.74) is 5.44. The molecule has 6 heteroatoms. The summed E-state index contributed by atoms with van der Waals surface area (Å²) in [5.74, 6) is -1.36. The lowest BCUT2D eigenvalue weighted by Crippen LogP contribution is -2.37. The van der Waals surface area contributed by atoms with Crippen LogP contribution in [-0.4, -0.2) is 30.3 Å². The highest BCUT2D eigenvalue weighted by atomic mass is 19.1. The number of carbonyl (C=O) groups is 1. The number of phenolic OH excluding ortho intramolecular Hbond substituents is 1. The average molecular weight is 268 g/mol. The summed E-state index contributed by atoms with van der Waals surface area (Å²) in [5, 5.41) is 12.6. The summed E-state index contributed by atoms with van der Waals surface area (Å²) in [6.07, 6.45) is 1.92. The summed E-state index contributed by atoms with van der Waals surface area (Å²) in [6, 6.07) is 2.50. The normalized spacial score (nSPS) is 20.4. The van der Waals surface area contributed by atoms with Crippen LogP contribution in [0.15, 0.2) is 18.2 Å². The van der Waals surface area contributed by atoms with Gasteiger partial charge in [-0.1, -0.05) is 0 Å². The number of hydrogen-bond donors (Lipinski definition) is 3.